The summed E-state index contributed by atoms with van der Waals surface area (Å²) in [5.74, 6) is -0.249. The van der Waals surface area contributed by atoms with Crippen molar-refractivity contribution in [1.82, 2.24) is 15.1 Å². The Balaban J connectivity index is 1.49. The van der Waals surface area contributed by atoms with Gasteiger partial charge >= 0.3 is 0 Å². The number of nitrogens with zero attached hydrogens (tertiary/aromatic N) is 3. The summed E-state index contributed by atoms with van der Waals surface area (Å²) in [7, 11) is 3.94. The first kappa shape index (κ1) is 22.1. The van der Waals surface area contributed by atoms with Crippen molar-refractivity contribution in [3.63, 3.8) is 0 Å². The summed E-state index contributed by atoms with van der Waals surface area (Å²) in [5.41, 5.74) is 1.49. The number of carbonyl (C=O) groups excluding carboxylic acids is 3. The summed E-state index contributed by atoms with van der Waals surface area (Å²) >= 11 is 0. The Labute approximate surface area is 179 Å². The van der Waals surface area contributed by atoms with Gasteiger partial charge in [-0.2, -0.15) is 0 Å². The van der Waals surface area contributed by atoms with Crippen LogP contribution in [0.15, 0.2) is 24.3 Å². The smallest absolute Gasteiger partial charge is 0.253 e. The van der Waals surface area contributed by atoms with E-state index in [9.17, 15) is 14.4 Å². The Bertz CT molecular complexity index is 790. The number of benzene rings is 1. The number of hydrogen-bond acceptors (Lipinski definition) is 4. The normalized spacial score (nSPS) is 20.4. The minimum atomic E-state index is -0.286. The van der Waals surface area contributed by atoms with Crippen LogP contribution in [-0.4, -0.2) is 72.8 Å². The standard InChI is InChI=1S/C23H34N4O3/c1-23(2,3)27-15-17(14-20(27)28)21(29)24-18-10-12-26(13-11-18)22(30)16-6-8-19(9-7-16)25(4)5/h6-9,17-18H,10-15H2,1-5H3,(H,24,29). The van der Waals surface area contributed by atoms with Gasteiger partial charge in [0, 0.05) is 63.0 Å². The number of nitrogens with one attached hydrogen (secondary N) is 1. The lowest BCUT2D eigenvalue weighted by Crippen LogP contribution is -2.48. The molecule has 0 radical (unpaired) electrons. The lowest BCUT2D eigenvalue weighted by molar-refractivity contribution is -0.132. The summed E-state index contributed by atoms with van der Waals surface area (Å²) in [6.45, 7) is 7.70. The van der Waals surface area contributed by atoms with Gasteiger partial charge in [0.2, 0.25) is 11.8 Å². The molecule has 0 bridgehead atoms. The molecule has 1 N–H and O–H groups in total. The predicted octanol–water partition coefficient (Wildman–Crippen LogP) is 2.12. The van der Waals surface area contributed by atoms with Gasteiger partial charge in [0.05, 0.1) is 5.92 Å². The summed E-state index contributed by atoms with van der Waals surface area (Å²) in [6.07, 6.45) is 1.75. The molecule has 2 aliphatic heterocycles. The van der Waals surface area contributed by atoms with Crippen LogP contribution in [0.4, 0.5) is 5.69 Å². The summed E-state index contributed by atoms with van der Waals surface area (Å²) < 4.78 is 0. The number of amides is 3. The zero-order valence-corrected chi connectivity index (χ0v) is 18.8. The van der Waals surface area contributed by atoms with E-state index in [1.54, 1.807) is 4.90 Å². The first-order valence-corrected chi connectivity index (χ1v) is 10.7. The van der Waals surface area contributed by atoms with E-state index in [4.69, 9.17) is 0 Å². The highest BCUT2D eigenvalue weighted by Crippen LogP contribution is 2.26. The third-order valence-electron chi connectivity index (χ3n) is 6.06. The molecule has 1 atom stereocenters. The molecule has 3 rings (SSSR count). The largest absolute Gasteiger partial charge is 0.378 e. The van der Waals surface area contributed by atoms with Gasteiger partial charge < -0.3 is 20.0 Å². The average Bonchev–Trinajstić information content (AvgIpc) is 3.10. The molecule has 1 aromatic carbocycles. The molecule has 0 aliphatic carbocycles. The highest BCUT2D eigenvalue weighted by Gasteiger charge is 2.40. The molecule has 2 aliphatic rings. The molecule has 1 aromatic rings. The van der Waals surface area contributed by atoms with Gasteiger partial charge in [0.25, 0.3) is 5.91 Å². The topological polar surface area (TPSA) is 73.0 Å². The van der Waals surface area contributed by atoms with Crippen LogP contribution >= 0.6 is 0 Å². The minimum Gasteiger partial charge on any atom is -0.378 e. The van der Waals surface area contributed by atoms with Crippen molar-refractivity contribution < 1.29 is 14.4 Å². The quantitative estimate of drug-likeness (QED) is 0.819. The van der Waals surface area contributed by atoms with Crippen LogP contribution in [0.2, 0.25) is 0 Å². The molecule has 1 unspecified atom stereocenters. The van der Waals surface area contributed by atoms with Crippen molar-refractivity contribution in [1.29, 1.82) is 0 Å². The molecular weight excluding hydrogens is 380 g/mol. The van der Waals surface area contributed by atoms with Gasteiger partial charge in [-0.15, -0.1) is 0 Å². The fourth-order valence-electron chi connectivity index (χ4n) is 4.16. The fourth-order valence-corrected chi connectivity index (χ4v) is 4.16. The van der Waals surface area contributed by atoms with Crippen LogP contribution < -0.4 is 10.2 Å². The maximum absolute atomic E-state index is 12.8. The SMILES string of the molecule is CN(C)c1ccc(C(=O)N2CCC(NC(=O)C3CC(=O)N(C(C)(C)C)C3)CC2)cc1. The van der Waals surface area contributed by atoms with Crippen LogP contribution in [-0.2, 0) is 9.59 Å². The first-order valence-electron chi connectivity index (χ1n) is 10.7. The van der Waals surface area contributed by atoms with E-state index in [0.29, 0.717) is 25.2 Å². The van der Waals surface area contributed by atoms with Crippen molar-refractivity contribution in [3.05, 3.63) is 29.8 Å². The highest BCUT2D eigenvalue weighted by atomic mass is 16.2. The molecule has 7 heteroatoms. The average molecular weight is 415 g/mol. The van der Waals surface area contributed by atoms with Gasteiger partial charge in [-0.05, 0) is 57.9 Å². The summed E-state index contributed by atoms with van der Waals surface area (Å²) in [5, 5.41) is 3.11. The molecule has 0 aromatic heterocycles. The zero-order chi connectivity index (χ0) is 22.1. The van der Waals surface area contributed by atoms with E-state index in [1.165, 1.54) is 0 Å². The van der Waals surface area contributed by atoms with Gasteiger partial charge in [-0.3, -0.25) is 14.4 Å². The van der Waals surface area contributed by atoms with E-state index >= 15 is 0 Å². The molecule has 2 heterocycles. The van der Waals surface area contributed by atoms with E-state index < -0.39 is 0 Å². The van der Waals surface area contributed by atoms with Crippen molar-refractivity contribution >= 4 is 23.4 Å². The Morgan fingerprint density at radius 3 is 2.17 bits per heavy atom. The monoisotopic (exact) mass is 414 g/mol. The molecule has 164 valence electrons. The van der Waals surface area contributed by atoms with Crippen molar-refractivity contribution in [2.24, 2.45) is 5.92 Å². The summed E-state index contributed by atoms with van der Waals surface area (Å²) in [4.78, 5) is 43.3. The van der Waals surface area contributed by atoms with Gasteiger partial charge in [-0.25, -0.2) is 0 Å². The lowest BCUT2D eigenvalue weighted by atomic mass is 10.0. The third-order valence-corrected chi connectivity index (χ3v) is 6.06. The number of carbonyl (C=O) groups is 3. The van der Waals surface area contributed by atoms with Gasteiger partial charge in [0.15, 0.2) is 0 Å². The Morgan fingerprint density at radius 2 is 1.67 bits per heavy atom. The van der Waals surface area contributed by atoms with Crippen LogP contribution in [0.25, 0.3) is 0 Å². The number of hydrogen-bond donors (Lipinski definition) is 1. The Kier molecular flexibility index (Phi) is 6.38. The van der Waals surface area contributed by atoms with Crippen molar-refractivity contribution in [2.45, 2.75) is 51.6 Å². The molecular formula is C23H34N4O3. The van der Waals surface area contributed by atoms with Crippen molar-refractivity contribution in [2.75, 3.05) is 38.6 Å². The number of anilines is 1. The summed E-state index contributed by atoms with van der Waals surface area (Å²) in [6, 6.07) is 7.68. The van der Waals surface area contributed by atoms with Crippen LogP contribution in [0.5, 0.6) is 0 Å². The van der Waals surface area contributed by atoms with Gasteiger partial charge in [-0.1, -0.05) is 0 Å². The second-order valence-electron chi connectivity index (χ2n) is 9.59. The second kappa shape index (κ2) is 8.66. The van der Waals surface area contributed by atoms with E-state index in [1.807, 2.05) is 68.9 Å². The maximum atomic E-state index is 12.8. The Morgan fingerprint density at radius 1 is 1.07 bits per heavy atom. The van der Waals surface area contributed by atoms with E-state index in [-0.39, 0.29) is 41.6 Å². The zero-order valence-electron chi connectivity index (χ0n) is 18.8. The highest BCUT2D eigenvalue weighted by molar-refractivity contribution is 5.94. The molecule has 0 saturated carbocycles. The molecule has 30 heavy (non-hydrogen) atoms. The minimum absolute atomic E-state index is 0.0345. The molecule has 0 spiro atoms. The lowest BCUT2D eigenvalue weighted by Gasteiger charge is -2.33. The van der Waals surface area contributed by atoms with E-state index in [0.717, 1.165) is 18.5 Å². The van der Waals surface area contributed by atoms with Gasteiger partial charge in [0.1, 0.15) is 0 Å². The molecule has 2 fully saturated rings. The first-order chi connectivity index (χ1) is 14.1. The van der Waals surface area contributed by atoms with Crippen molar-refractivity contribution in [3.8, 4) is 0 Å². The maximum Gasteiger partial charge on any atom is 0.253 e. The van der Waals surface area contributed by atoms with Crippen LogP contribution in [0, 0.1) is 5.92 Å². The third kappa shape index (κ3) is 4.94. The number of likely N-dealkylation sites (tertiary alicyclic amines) is 2. The number of piperidine rings is 1. The molecule has 7 nitrogen and oxygen atoms in total. The second-order valence-corrected chi connectivity index (χ2v) is 9.59. The Hall–Kier alpha value is -2.57. The predicted molar refractivity (Wildman–Crippen MR) is 117 cm³/mol. The number of rotatable bonds is 4. The van der Waals surface area contributed by atoms with Crippen LogP contribution in [0.3, 0.4) is 0 Å². The van der Waals surface area contributed by atoms with E-state index in [2.05, 4.69) is 5.32 Å². The molecule has 3 amide bonds. The molecule has 2 saturated heterocycles. The van der Waals surface area contributed by atoms with Crippen LogP contribution in [0.1, 0.15) is 50.4 Å². The fraction of sp³-hybridized carbons (Fsp3) is 0.609.